The highest BCUT2D eigenvalue weighted by Gasteiger charge is 2.30. The van der Waals surface area contributed by atoms with E-state index in [2.05, 4.69) is 26.6 Å². The van der Waals surface area contributed by atoms with E-state index in [1.807, 2.05) is 44.2 Å². The second kappa shape index (κ2) is 16.3. The molecule has 0 aromatic heterocycles. The highest BCUT2D eigenvalue weighted by Crippen LogP contribution is 2.10. The molecule has 0 bridgehead atoms. The largest absolute Gasteiger partial charge is 0.467 e. The fourth-order valence-electron chi connectivity index (χ4n) is 4.20. The smallest absolute Gasteiger partial charge is 0.328 e. The molecule has 1 aliphatic heterocycles. The van der Waals surface area contributed by atoms with Gasteiger partial charge in [0.25, 0.3) is 0 Å². The van der Waals surface area contributed by atoms with E-state index in [0.717, 1.165) is 5.56 Å². The number of urea groups is 1. The van der Waals surface area contributed by atoms with Crippen LogP contribution in [0.3, 0.4) is 0 Å². The molecule has 40 heavy (non-hydrogen) atoms. The van der Waals surface area contributed by atoms with Gasteiger partial charge in [0, 0.05) is 25.1 Å². The Hall–Kier alpha value is -3.89. The zero-order valence-corrected chi connectivity index (χ0v) is 24.0. The van der Waals surface area contributed by atoms with Crippen LogP contribution in [0.15, 0.2) is 42.5 Å². The van der Waals surface area contributed by atoms with Crippen LogP contribution in [0.4, 0.5) is 4.79 Å². The molecule has 5 N–H and O–H groups in total. The van der Waals surface area contributed by atoms with Crippen LogP contribution in [0.25, 0.3) is 0 Å². The number of carbonyl (C=O) groups excluding carboxylic acids is 5. The number of ether oxygens (including phenoxy) is 1. The lowest BCUT2D eigenvalue weighted by molar-refractivity contribution is -0.144. The van der Waals surface area contributed by atoms with E-state index in [9.17, 15) is 24.0 Å². The van der Waals surface area contributed by atoms with Crippen LogP contribution in [0.1, 0.15) is 52.5 Å². The van der Waals surface area contributed by atoms with Crippen molar-refractivity contribution in [2.45, 2.75) is 77.5 Å². The van der Waals surface area contributed by atoms with Gasteiger partial charge in [-0.05, 0) is 36.7 Å². The van der Waals surface area contributed by atoms with Gasteiger partial charge in [0.1, 0.15) is 18.1 Å². The molecule has 220 valence electrons. The summed E-state index contributed by atoms with van der Waals surface area (Å²) in [5, 5.41) is 13.8. The first kappa shape index (κ1) is 32.3. The standard InChI is InChI=1S/C29H43N5O6/c1-18(2)21-14-15-24(35)30-16-10-9-13-22(26(36)31-21)32-27(37)23(17-20-11-7-6-8-12-20)33-29(39)34-25(19(3)4)28(38)40-5/h6-8,11-12,14-15,18-19,21-23,25H,9-10,13,16-17H2,1-5H3,(H,30,35)(H,31,36)(H,32,37)(H2,33,34,39)/b15-14+/t21-,22+,23+,25?/m1/s1. The number of hydrogen-bond donors (Lipinski definition) is 5. The van der Waals surface area contributed by atoms with Crippen molar-refractivity contribution in [3.8, 4) is 0 Å². The first-order valence-electron chi connectivity index (χ1n) is 13.8. The minimum Gasteiger partial charge on any atom is -0.467 e. The fourth-order valence-corrected chi connectivity index (χ4v) is 4.20. The molecule has 5 amide bonds. The Morgan fingerprint density at radius 1 is 1.02 bits per heavy atom. The molecule has 0 fully saturated rings. The van der Waals surface area contributed by atoms with Crippen molar-refractivity contribution in [1.82, 2.24) is 26.6 Å². The molecule has 0 saturated carbocycles. The quantitative estimate of drug-likeness (QED) is 0.291. The fraction of sp³-hybridized carbons (Fsp3) is 0.552. The monoisotopic (exact) mass is 557 g/mol. The molecular weight excluding hydrogens is 514 g/mol. The summed E-state index contributed by atoms with van der Waals surface area (Å²) in [6, 6.07) is 5.29. The molecule has 0 aliphatic carbocycles. The van der Waals surface area contributed by atoms with Gasteiger partial charge in [-0.1, -0.05) is 64.1 Å². The Labute approximate surface area is 236 Å². The third-order valence-electron chi connectivity index (χ3n) is 6.65. The molecule has 1 aromatic rings. The lowest BCUT2D eigenvalue weighted by Gasteiger charge is -2.27. The molecule has 0 spiro atoms. The van der Waals surface area contributed by atoms with Crippen LogP contribution >= 0.6 is 0 Å². The molecule has 1 aliphatic rings. The summed E-state index contributed by atoms with van der Waals surface area (Å²) in [4.78, 5) is 63.9. The first-order valence-corrected chi connectivity index (χ1v) is 13.8. The van der Waals surface area contributed by atoms with Crippen LogP contribution in [0, 0.1) is 11.8 Å². The van der Waals surface area contributed by atoms with Gasteiger partial charge in [-0.3, -0.25) is 14.4 Å². The lowest BCUT2D eigenvalue weighted by atomic mass is 10.0. The Balaban J connectivity index is 2.24. The number of amides is 5. The second-order valence-electron chi connectivity index (χ2n) is 10.6. The Bertz CT molecular complexity index is 1040. The summed E-state index contributed by atoms with van der Waals surface area (Å²) in [7, 11) is 1.24. The van der Waals surface area contributed by atoms with Crippen molar-refractivity contribution in [2.24, 2.45) is 11.8 Å². The minimum absolute atomic E-state index is 0.00666. The van der Waals surface area contributed by atoms with Gasteiger partial charge in [0.2, 0.25) is 17.7 Å². The maximum atomic E-state index is 13.5. The molecule has 1 unspecified atom stereocenters. The van der Waals surface area contributed by atoms with Gasteiger partial charge in [-0.15, -0.1) is 0 Å². The normalized spacial score (nSPS) is 20.6. The lowest BCUT2D eigenvalue weighted by Crippen LogP contribution is -2.58. The summed E-state index contributed by atoms with van der Waals surface area (Å²) in [6.07, 6.45) is 4.80. The Morgan fingerprint density at radius 3 is 2.35 bits per heavy atom. The van der Waals surface area contributed by atoms with Crippen LogP contribution in [-0.2, 0) is 30.3 Å². The third-order valence-corrected chi connectivity index (χ3v) is 6.65. The SMILES string of the molecule is COC(=O)C(NC(=O)N[C@@H](Cc1ccccc1)C(=O)N[C@H]1CCCCNC(=O)/C=C/[C@H](C(C)C)NC1=O)C(C)C. The van der Waals surface area contributed by atoms with Gasteiger partial charge < -0.3 is 31.3 Å². The van der Waals surface area contributed by atoms with E-state index in [1.54, 1.807) is 19.9 Å². The number of methoxy groups -OCH3 is 1. The molecule has 11 nitrogen and oxygen atoms in total. The Morgan fingerprint density at radius 2 is 1.73 bits per heavy atom. The van der Waals surface area contributed by atoms with Crippen LogP contribution < -0.4 is 26.6 Å². The highest BCUT2D eigenvalue weighted by atomic mass is 16.5. The van der Waals surface area contributed by atoms with E-state index in [1.165, 1.54) is 13.2 Å². The molecule has 1 aromatic carbocycles. The van der Waals surface area contributed by atoms with Crippen molar-refractivity contribution in [3.63, 3.8) is 0 Å². The van der Waals surface area contributed by atoms with Gasteiger partial charge in [0.05, 0.1) is 7.11 Å². The molecule has 2 rings (SSSR count). The van der Waals surface area contributed by atoms with Crippen LogP contribution in [0.2, 0.25) is 0 Å². The summed E-state index contributed by atoms with van der Waals surface area (Å²) >= 11 is 0. The van der Waals surface area contributed by atoms with E-state index in [4.69, 9.17) is 4.74 Å². The maximum absolute atomic E-state index is 13.5. The number of hydrogen-bond acceptors (Lipinski definition) is 6. The van der Waals surface area contributed by atoms with E-state index < -0.39 is 42.1 Å². The number of benzene rings is 1. The number of esters is 1. The molecule has 11 heteroatoms. The minimum atomic E-state index is -1.03. The van der Waals surface area contributed by atoms with E-state index in [0.29, 0.717) is 25.8 Å². The van der Waals surface area contributed by atoms with E-state index >= 15 is 0 Å². The average Bonchev–Trinajstić information content (AvgIpc) is 2.91. The third kappa shape index (κ3) is 10.7. The van der Waals surface area contributed by atoms with Crippen molar-refractivity contribution in [2.75, 3.05) is 13.7 Å². The summed E-state index contributed by atoms with van der Waals surface area (Å²) < 4.78 is 4.79. The Kier molecular flexibility index (Phi) is 13.1. The molecular formula is C29H43N5O6. The average molecular weight is 558 g/mol. The zero-order valence-electron chi connectivity index (χ0n) is 24.0. The summed E-state index contributed by atoms with van der Waals surface area (Å²) in [6.45, 7) is 7.83. The summed E-state index contributed by atoms with van der Waals surface area (Å²) in [5.41, 5.74) is 0.806. The topological polar surface area (TPSA) is 155 Å². The number of rotatable bonds is 9. The second-order valence-corrected chi connectivity index (χ2v) is 10.6. The number of carbonyl (C=O) groups is 5. The van der Waals surface area contributed by atoms with Crippen LogP contribution in [-0.4, -0.2) is 67.5 Å². The predicted octanol–water partition coefficient (Wildman–Crippen LogP) is 1.58. The van der Waals surface area contributed by atoms with Gasteiger partial charge >= 0.3 is 12.0 Å². The molecule has 0 radical (unpaired) electrons. The predicted molar refractivity (Wildman–Crippen MR) is 151 cm³/mol. The summed E-state index contributed by atoms with van der Waals surface area (Å²) in [5.74, 6) is -1.95. The zero-order chi connectivity index (χ0) is 29.7. The molecule has 0 saturated heterocycles. The van der Waals surface area contributed by atoms with Gasteiger partial charge in [0.15, 0.2) is 0 Å². The van der Waals surface area contributed by atoms with Gasteiger partial charge in [-0.25, -0.2) is 9.59 Å². The number of nitrogens with one attached hydrogen (secondary N) is 5. The van der Waals surface area contributed by atoms with Crippen molar-refractivity contribution in [3.05, 3.63) is 48.0 Å². The van der Waals surface area contributed by atoms with Crippen LogP contribution in [0.5, 0.6) is 0 Å². The van der Waals surface area contributed by atoms with Crippen molar-refractivity contribution >= 4 is 29.7 Å². The van der Waals surface area contributed by atoms with Gasteiger partial charge in [-0.2, -0.15) is 0 Å². The highest BCUT2D eigenvalue weighted by molar-refractivity contribution is 5.93. The van der Waals surface area contributed by atoms with E-state index in [-0.39, 0.29) is 30.1 Å². The van der Waals surface area contributed by atoms with Crippen molar-refractivity contribution < 1.29 is 28.7 Å². The first-order chi connectivity index (χ1) is 19.0. The molecule has 1 heterocycles. The maximum Gasteiger partial charge on any atom is 0.328 e. The van der Waals surface area contributed by atoms with Crippen molar-refractivity contribution in [1.29, 1.82) is 0 Å². The molecule has 4 atom stereocenters.